The first-order chi connectivity index (χ1) is 15.0. The van der Waals surface area contributed by atoms with Crippen molar-refractivity contribution in [3.8, 4) is 0 Å². The van der Waals surface area contributed by atoms with Crippen molar-refractivity contribution in [2.24, 2.45) is 4.40 Å². The Bertz CT molecular complexity index is 1160. The Morgan fingerprint density at radius 2 is 1.86 bits per heavy atom. The average Bonchev–Trinajstić information content (AvgIpc) is 2.75. The number of nitro groups is 1. The van der Waals surface area contributed by atoms with Crippen LogP contribution in [0, 0.1) is 10.1 Å². The summed E-state index contributed by atoms with van der Waals surface area (Å²) >= 11 is 5.76. The molecule has 1 aliphatic rings. The molecule has 28 heavy (non-hydrogen) atoms. The second kappa shape index (κ2) is 8.70. The SMILES string of the molecule is [2H]c1c([2H])c(S(=O)(=O)N=C2CCCCN2CCc2ccc([N+](=O)[O-])cc2)c([2H])c([2H])c1Cl. The van der Waals surface area contributed by atoms with Gasteiger partial charge in [-0.1, -0.05) is 23.7 Å². The zero-order chi connectivity index (χ0) is 23.6. The van der Waals surface area contributed by atoms with Crippen molar-refractivity contribution in [3.05, 3.63) is 69.1 Å². The van der Waals surface area contributed by atoms with Gasteiger partial charge >= 0.3 is 0 Å². The van der Waals surface area contributed by atoms with Gasteiger partial charge in [0, 0.05) is 36.7 Å². The molecular formula is C19H20ClN3O4S. The number of nitrogens with zero attached hydrogens (tertiary/aromatic N) is 3. The van der Waals surface area contributed by atoms with Gasteiger partial charge < -0.3 is 4.90 Å². The van der Waals surface area contributed by atoms with E-state index in [0.717, 1.165) is 18.4 Å². The largest absolute Gasteiger partial charge is 0.359 e. The highest BCUT2D eigenvalue weighted by atomic mass is 35.5. The van der Waals surface area contributed by atoms with Crippen molar-refractivity contribution in [1.82, 2.24) is 4.90 Å². The van der Waals surface area contributed by atoms with Crippen molar-refractivity contribution in [3.63, 3.8) is 0 Å². The molecule has 1 saturated heterocycles. The van der Waals surface area contributed by atoms with E-state index in [1.807, 2.05) is 0 Å². The first-order valence-corrected chi connectivity index (χ1v) is 10.4. The molecule has 148 valence electrons. The normalized spacial score (nSPS) is 18.3. The molecule has 1 heterocycles. The van der Waals surface area contributed by atoms with E-state index in [1.54, 1.807) is 17.0 Å². The molecule has 0 saturated carbocycles. The Morgan fingerprint density at radius 3 is 2.50 bits per heavy atom. The lowest BCUT2D eigenvalue weighted by Gasteiger charge is -2.30. The van der Waals surface area contributed by atoms with Gasteiger partial charge in [-0.25, -0.2) is 0 Å². The fourth-order valence-electron chi connectivity index (χ4n) is 2.86. The van der Waals surface area contributed by atoms with Crippen LogP contribution < -0.4 is 0 Å². The minimum atomic E-state index is -4.52. The van der Waals surface area contributed by atoms with Gasteiger partial charge in [0.2, 0.25) is 0 Å². The van der Waals surface area contributed by atoms with Crippen molar-refractivity contribution < 1.29 is 18.8 Å². The van der Waals surface area contributed by atoms with Crippen LogP contribution in [0.15, 0.2) is 57.7 Å². The first kappa shape index (κ1) is 15.5. The Balaban J connectivity index is 1.88. The van der Waals surface area contributed by atoms with Gasteiger partial charge in [0.25, 0.3) is 15.7 Å². The summed E-state index contributed by atoms with van der Waals surface area (Å²) in [7, 11) is -4.52. The Labute approximate surface area is 174 Å². The standard InChI is InChI=1S/C19H20ClN3O4S/c20-16-6-10-18(11-7-16)28(26,27)21-19-3-1-2-13-22(19)14-12-15-4-8-17(9-5-15)23(24)25/h4-11H,1-3,12-14H2/i6D,7D,10D,11D. The fourth-order valence-corrected chi connectivity index (χ4v) is 3.89. The number of benzene rings is 2. The van der Waals surface area contributed by atoms with Crippen LogP contribution in [-0.4, -0.2) is 37.2 Å². The highest BCUT2D eigenvalue weighted by molar-refractivity contribution is 7.90. The van der Waals surface area contributed by atoms with Crippen LogP contribution in [0.25, 0.3) is 0 Å². The Kier molecular flexibility index (Phi) is 4.81. The molecule has 0 radical (unpaired) electrons. The van der Waals surface area contributed by atoms with Gasteiger partial charge in [-0.2, -0.15) is 8.42 Å². The summed E-state index contributed by atoms with van der Waals surface area (Å²) in [6, 6.07) is 3.33. The predicted octanol–water partition coefficient (Wildman–Crippen LogP) is 4.06. The molecule has 0 bridgehead atoms. The van der Waals surface area contributed by atoms with Gasteiger partial charge in [-0.05, 0) is 49.0 Å². The lowest BCUT2D eigenvalue weighted by Crippen LogP contribution is -2.37. The zero-order valence-corrected chi connectivity index (χ0v) is 16.4. The van der Waals surface area contributed by atoms with Crippen molar-refractivity contribution in [2.45, 2.75) is 30.6 Å². The molecule has 0 amide bonds. The zero-order valence-electron chi connectivity index (χ0n) is 18.8. The van der Waals surface area contributed by atoms with Crippen molar-refractivity contribution in [1.29, 1.82) is 0 Å². The van der Waals surface area contributed by atoms with Gasteiger partial charge in [-0.15, -0.1) is 4.40 Å². The number of non-ortho nitro benzene ring substituents is 1. The molecule has 3 rings (SSSR count). The number of rotatable bonds is 6. The van der Waals surface area contributed by atoms with E-state index in [4.69, 9.17) is 17.1 Å². The van der Waals surface area contributed by atoms with Crippen molar-refractivity contribution in [2.75, 3.05) is 13.1 Å². The van der Waals surface area contributed by atoms with E-state index in [2.05, 4.69) is 4.40 Å². The van der Waals surface area contributed by atoms with Gasteiger partial charge in [-0.3, -0.25) is 10.1 Å². The molecule has 0 atom stereocenters. The summed E-state index contributed by atoms with van der Waals surface area (Å²) in [5.74, 6) is 0.282. The highest BCUT2D eigenvalue weighted by Gasteiger charge is 2.21. The summed E-state index contributed by atoms with van der Waals surface area (Å²) in [6.07, 6.45) is 2.45. The summed E-state index contributed by atoms with van der Waals surface area (Å²) in [5, 5.41) is 10.3. The average molecular weight is 426 g/mol. The van der Waals surface area contributed by atoms with Crippen LogP contribution >= 0.6 is 11.6 Å². The number of nitro benzene ring substituents is 1. The third kappa shape index (κ3) is 5.08. The molecule has 0 unspecified atom stereocenters. The third-order valence-electron chi connectivity index (χ3n) is 4.32. The van der Waals surface area contributed by atoms with E-state index in [0.29, 0.717) is 25.9 Å². The van der Waals surface area contributed by atoms with Crippen LogP contribution in [0.1, 0.15) is 30.3 Å². The number of halogens is 1. The number of sulfonamides is 1. The second-order valence-electron chi connectivity index (χ2n) is 6.24. The number of hydrogen-bond donors (Lipinski definition) is 0. The third-order valence-corrected chi connectivity index (χ3v) is 5.68. The van der Waals surface area contributed by atoms with Crippen molar-refractivity contribution >= 4 is 33.1 Å². The number of amidine groups is 1. The van der Waals surface area contributed by atoms with E-state index in [-0.39, 0.29) is 11.5 Å². The van der Waals surface area contributed by atoms with E-state index < -0.39 is 49.0 Å². The molecule has 0 aliphatic carbocycles. The van der Waals surface area contributed by atoms with Crippen LogP contribution in [0.5, 0.6) is 0 Å². The van der Waals surface area contributed by atoms with E-state index in [1.165, 1.54) is 12.1 Å². The molecule has 9 heteroatoms. The maximum Gasteiger partial charge on any atom is 0.283 e. The fraction of sp³-hybridized carbons (Fsp3) is 0.316. The molecule has 1 aliphatic heterocycles. The Hall–Kier alpha value is -2.45. The van der Waals surface area contributed by atoms with Gasteiger partial charge in [0.05, 0.1) is 15.3 Å². The lowest BCUT2D eigenvalue weighted by atomic mass is 10.1. The van der Waals surface area contributed by atoms with Gasteiger partial charge in [0.1, 0.15) is 5.84 Å². The summed E-state index contributed by atoms with van der Waals surface area (Å²) in [6.45, 7) is 0.998. The lowest BCUT2D eigenvalue weighted by molar-refractivity contribution is -0.384. The van der Waals surface area contributed by atoms with Gasteiger partial charge in [0.15, 0.2) is 0 Å². The monoisotopic (exact) mass is 425 g/mol. The summed E-state index contributed by atoms with van der Waals surface area (Å²) in [4.78, 5) is 11.3. The van der Waals surface area contributed by atoms with Crippen LogP contribution in [-0.2, 0) is 16.4 Å². The molecule has 0 aromatic heterocycles. The molecular weight excluding hydrogens is 402 g/mol. The second-order valence-corrected chi connectivity index (χ2v) is 8.16. The topological polar surface area (TPSA) is 92.9 Å². The molecule has 0 N–H and O–H groups in total. The Morgan fingerprint density at radius 1 is 1.18 bits per heavy atom. The molecule has 0 spiro atoms. The minimum Gasteiger partial charge on any atom is -0.359 e. The number of hydrogen-bond acceptors (Lipinski definition) is 4. The summed E-state index contributed by atoms with van der Waals surface area (Å²) < 4.78 is 61.2. The van der Waals surface area contributed by atoms with Crippen LogP contribution in [0.4, 0.5) is 5.69 Å². The molecule has 1 fully saturated rings. The maximum absolute atomic E-state index is 13.0. The predicted molar refractivity (Wildman–Crippen MR) is 108 cm³/mol. The first-order valence-electron chi connectivity index (χ1n) is 10.6. The van der Waals surface area contributed by atoms with E-state index >= 15 is 0 Å². The maximum atomic E-state index is 13.0. The number of piperidine rings is 1. The number of likely N-dealkylation sites (tertiary alicyclic amines) is 1. The smallest absolute Gasteiger partial charge is 0.283 e. The minimum absolute atomic E-state index is 0.0112. The molecule has 7 nitrogen and oxygen atoms in total. The van der Waals surface area contributed by atoms with Crippen LogP contribution in [0.2, 0.25) is 5.02 Å². The molecule has 2 aromatic rings. The summed E-state index contributed by atoms with van der Waals surface area (Å²) in [5.41, 5.74) is 0.837. The quantitative estimate of drug-likeness (QED) is 0.513. The molecule has 2 aromatic carbocycles. The van der Waals surface area contributed by atoms with E-state index in [9.17, 15) is 18.5 Å². The highest BCUT2D eigenvalue weighted by Crippen LogP contribution is 2.20. The van der Waals surface area contributed by atoms with Crippen LogP contribution in [0.3, 0.4) is 0 Å².